The molecule has 1 aromatic carbocycles. The Balaban J connectivity index is 1.88. The number of hydrogen-bond acceptors (Lipinski definition) is 8. The van der Waals surface area contributed by atoms with Gasteiger partial charge in [0, 0.05) is 6.08 Å². The standard InChI is InChI=1S/C14H9FN4O4S2/c15-8-1-3-9(4-2-8)25(22,23)13-6-5-12(24-13)10(20)7-11(21)14-16-18-19-17-14/h1-7,21H,(H,16,17,18,19). The van der Waals surface area contributed by atoms with Gasteiger partial charge in [0.05, 0.1) is 9.77 Å². The van der Waals surface area contributed by atoms with Crippen molar-refractivity contribution in [3.05, 3.63) is 59.0 Å². The van der Waals surface area contributed by atoms with Crippen LogP contribution >= 0.6 is 11.3 Å². The Hall–Kier alpha value is -2.92. The van der Waals surface area contributed by atoms with Crippen LogP contribution in [0.5, 0.6) is 0 Å². The van der Waals surface area contributed by atoms with Crippen molar-refractivity contribution in [2.75, 3.05) is 0 Å². The van der Waals surface area contributed by atoms with E-state index >= 15 is 0 Å². The molecule has 0 amide bonds. The molecule has 8 nitrogen and oxygen atoms in total. The Labute approximate surface area is 144 Å². The highest BCUT2D eigenvalue weighted by atomic mass is 32.2. The van der Waals surface area contributed by atoms with Crippen molar-refractivity contribution in [3.63, 3.8) is 0 Å². The minimum atomic E-state index is -3.86. The highest BCUT2D eigenvalue weighted by Crippen LogP contribution is 2.28. The number of carbonyl (C=O) groups excluding carboxylic acids is 1. The number of aliphatic hydroxyl groups excluding tert-OH is 1. The van der Waals surface area contributed by atoms with Crippen LogP contribution < -0.4 is 0 Å². The van der Waals surface area contributed by atoms with Crippen molar-refractivity contribution in [1.29, 1.82) is 0 Å². The van der Waals surface area contributed by atoms with Gasteiger partial charge in [0.15, 0.2) is 11.5 Å². The molecule has 3 rings (SSSR count). The molecule has 3 aromatic rings. The molecule has 0 atom stereocenters. The van der Waals surface area contributed by atoms with Crippen LogP contribution in [0.1, 0.15) is 15.5 Å². The first-order chi connectivity index (χ1) is 11.9. The first-order valence-electron chi connectivity index (χ1n) is 6.67. The lowest BCUT2D eigenvalue weighted by Gasteiger charge is -2.01. The zero-order valence-electron chi connectivity index (χ0n) is 12.2. The normalized spacial score (nSPS) is 12.3. The first-order valence-corrected chi connectivity index (χ1v) is 8.97. The quantitative estimate of drug-likeness (QED) is 0.300. The lowest BCUT2D eigenvalue weighted by molar-refractivity contribution is 0.104. The predicted molar refractivity (Wildman–Crippen MR) is 85.3 cm³/mol. The van der Waals surface area contributed by atoms with E-state index in [1.165, 1.54) is 12.1 Å². The van der Waals surface area contributed by atoms with Gasteiger partial charge in [0.25, 0.3) is 0 Å². The Morgan fingerprint density at radius 1 is 1.20 bits per heavy atom. The van der Waals surface area contributed by atoms with Gasteiger partial charge >= 0.3 is 0 Å². The summed E-state index contributed by atoms with van der Waals surface area (Å²) in [4.78, 5) is 12.1. The topological polar surface area (TPSA) is 126 Å². The van der Waals surface area contributed by atoms with Gasteiger partial charge in [-0.25, -0.2) is 12.8 Å². The highest BCUT2D eigenvalue weighted by molar-refractivity contribution is 7.93. The maximum absolute atomic E-state index is 12.9. The van der Waals surface area contributed by atoms with Crippen molar-refractivity contribution in [2.24, 2.45) is 0 Å². The van der Waals surface area contributed by atoms with Crippen LogP contribution in [0.25, 0.3) is 5.76 Å². The number of ketones is 1. The molecule has 2 heterocycles. The number of benzene rings is 1. The van der Waals surface area contributed by atoms with Crippen LogP contribution in [0.15, 0.2) is 51.6 Å². The number of carbonyl (C=O) groups is 1. The molecule has 0 radical (unpaired) electrons. The molecule has 11 heteroatoms. The largest absolute Gasteiger partial charge is 0.504 e. The van der Waals surface area contributed by atoms with Crippen LogP contribution in [0.2, 0.25) is 0 Å². The predicted octanol–water partition coefficient (Wildman–Crippen LogP) is 2.01. The first kappa shape index (κ1) is 16.9. The molecular formula is C14H9FN4O4S2. The number of aromatic amines is 1. The fraction of sp³-hybridized carbons (Fsp3) is 0. The van der Waals surface area contributed by atoms with E-state index in [4.69, 9.17) is 0 Å². The van der Waals surface area contributed by atoms with Crippen LogP contribution in [-0.4, -0.2) is 39.9 Å². The summed E-state index contributed by atoms with van der Waals surface area (Å²) in [5, 5.41) is 22.1. The molecule has 0 spiro atoms. The Morgan fingerprint density at radius 2 is 1.92 bits per heavy atom. The van der Waals surface area contributed by atoms with Crippen molar-refractivity contribution in [3.8, 4) is 0 Å². The average Bonchev–Trinajstić information content (AvgIpc) is 3.27. The van der Waals surface area contributed by atoms with Crippen molar-refractivity contribution in [2.45, 2.75) is 9.10 Å². The van der Waals surface area contributed by atoms with Gasteiger partial charge in [-0.15, -0.1) is 21.5 Å². The molecule has 0 bridgehead atoms. The van der Waals surface area contributed by atoms with Crippen LogP contribution in [0, 0.1) is 5.82 Å². The lowest BCUT2D eigenvalue weighted by Crippen LogP contribution is -1.99. The third kappa shape index (κ3) is 3.46. The van der Waals surface area contributed by atoms with E-state index in [1.54, 1.807) is 0 Å². The average molecular weight is 380 g/mol. The van der Waals surface area contributed by atoms with Gasteiger partial charge in [-0.3, -0.25) is 4.79 Å². The van der Waals surface area contributed by atoms with Gasteiger partial charge in [0.1, 0.15) is 10.0 Å². The number of rotatable bonds is 5. The fourth-order valence-electron chi connectivity index (χ4n) is 1.86. The molecule has 0 aliphatic carbocycles. The second-order valence-electron chi connectivity index (χ2n) is 4.71. The van der Waals surface area contributed by atoms with Gasteiger partial charge in [-0.05, 0) is 41.6 Å². The maximum atomic E-state index is 12.9. The van der Waals surface area contributed by atoms with E-state index in [0.29, 0.717) is 0 Å². The number of nitrogens with one attached hydrogen (secondary N) is 1. The van der Waals surface area contributed by atoms with Crippen molar-refractivity contribution in [1.82, 2.24) is 20.6 Å². The molecule has 0 unspecified atom stereocenters. The van der Waals surface area contributed by atoms with Gasteiger partial charge in [0.2, 0.25) is 15.7 Å². The summed E-state index contributed by atoms with van der Waals surface area (Å²) in [5.41, 5.74) is 0. The van der Waals surface area contributed by atoms with Crippen molar-refractivity contribution >= 4 is 32.7 Å². The molecule has 0 aliphatic rings. The van der Waals surface area contributed by atoms with Crippen molar-refractivity contribution < 1.29 is 22.7 Å². The van der Waals surface area contributed by atoms with Crippen LogP contribution in [0.3, 0.4) is 0 Å². The molecule has 0 fully saturated rings. The van der Waals surface area contributed by atoms with Gasteiger partial charge in [-0.1, -0.05) is 0 Å². The Bertz CT molecular complexity index is 1040. The third-order valence-corrected chi connectivity index (χ3v) is 6.42. The van der Waals surface area contributed by atoms with Crippen LogP contribution in [-0.2, 0) is 9.84 Å². The Morgan fingerprint density at radius 3 is 2.56 bits per heavy atom. The zero-order valence-corrected chi connectivity index (χ0v) is 13.9. The summed E-state index contributed by atoms with van der Waals surface area (Å²) < 4.78 is 37.8. The molecule has 0 aliphatic heterocycles. The van der Waals surface area contributed by atoms with Gasteiger partial charge in [-0.2, -0.15) is 5.21 Å². The zero-order chi connectivity index (χ0) is 18.0. The van der Waals surface area contributed by atoms with E-state index in [9.17, 15) is 22.7 Å². The second-order valence-corrected chi connectivity index (χ2v) is 7.97. The molecule has 2 aromatic heterocycles. The number of aliphatic hydroxyl groups is 1. The summed E-state index contributed by atoms with van der Waals surface area (Å²) in [6, 6.07) is 6.97. The van der Waals surface area contributed by atoms with E-state index < -0.39 is 27.2 Å². The van der Waals surface area contributed by atoms with E-state index in [2.05, 4.69) is 20.6 Å². The minimum Gasteiger partial charge on any atom is -0.504 e. The second kappa shape index (κ2) is 6.53. The molecular weight excluding hydrogens is 371 g/mol. The SMILES string of the molecule is O=C(C=C(O)c1nn[nH]n1)c1ccc(S(=O)(=O)c2ccc(F)cc2)s1. The summed E-state index contributed by atoms with van der Waals surface area (Å²) in [6.07, 6.45) is 0.866. The molecule has 0 saturated carbocycles. The smallest absolute Gasteiger partial charge is 0.239 e. The highest BCUT2D eigenvalue weighted by Gasteiger charge is 2.21. The number of thiophene rings is 1. The number of hydrogen-bond donors (Lipinski definition) is 2. The van der Waals surface area contributed by atoms with Crippen LogP contribution in [0.4, 0.5) is 4.39 Å². The molecule has 0 saturated heterocycles. The maximum Gasteiger partial charge on any atom is 0.239 e. The lowest BCUT2D eigenvalue weighted by atomic mass is 10.3. The molecule has 128 valence electrons. The Kier molecular flexibility index (Phi) is 4.42. The van der Waals surface area contributed by atoms with E-state index in [1.807, 2.05) is 0 Å². The number of nitrogens with zero attached hydrogens (tertiary/aromatic N) is 3. The number of allylic oxidation sites excluding steroid dienone is 1. The van der Waals surface area contributed by atoms with E-state index in [0.717, 1.165) is 41.7 Å². The third-order valence-electron chi connectivity index (χ3n) is 3.06. The number of sulfone groups is 1. The minimum absolute atomic E-state index is 0.0742. The number of tetrazole rings is 1. The fourth-order valence-corrected chi connectivity index (χ4v) is 4.48. The monoisotopic (exact) mass is 380 g/mol. The number of halogens is 1. The van der Waals surface area contributed by atoms with Gasteiger partial charge < -0.3 is 5.11 Å². The van der Waals surface area contributed by atoms with E-state index in [-0.39, 0.29) is 19.8 Å². The molecule has 25 heavy (non-hydrogen) atoms. The molecule has 2 N–H and O–H groups in total. The number of H-pyrrole nitrogens is 1. The summed E-state index contributed by atoms with van der Waals surface area (Å²) in [6.45, 7) is 0. The number of aromatic nitrogens is 4. The summed E-state index contributed by atoms with van der Waals surface area (Å²) in [7, 11) is -3.86. The summed E-state index contributed by atoms with van der Waals surface area (Å²) in [5.74, 6) is -1.84. The summed E-state index contributed by atoms with van der Waals surface area (Å²) >= 11 is 0.735.